The van der Waals surface area contributed by atoms with Gasteiger partial charge in [0.05, 0.1) is 26.4 Å². The number of fused-ring (bicyclic) bond motifs is 4. The first-order chi connectivity index (χ1) is 28.2. The number of unbranched alkanes of at least 4 members (excludes halogenated alkanes) is 8. The van der Waals surface area contributed by atoms with Crippen LogP contribution in [0, 0.1) is 34.7 Å². The third-order valence-electron chi connectivity index (χ3n) is 10.0. The van der Waals surface area contributed by atoms with E-state index in [2.05, 4.69) is 0 Å². The SMILES string of the molecule is CCCCCOC(=O)Oc1c2c(c(OC(=O)OCCCCC)c3c(C)cccc13)=c1c(OC(=O)OCCCCC)c3c(C)cccc3c(OC(=O)OCCCCC)c1=2. The molecule has 4 aromatic carbocycles. The Morgan fingerprint density at radius 1 is 0.397 bits per heavy atom. The topological polar surface area (TPSA) is 142 Å². The van der Waals surface area contributed by atoms with Gasteiger partial charge >= 0.3 is 24.6 Å². The predicted molar refractivity (Wildman–Crippen MR) is 219 cm³/mol. The van der Waals surface area contributed by atoms with Crippen LogP contribution >= 0.6 is 0 Å². The minimum absolute atomic E-state index is 0.0756. The number of aryl methyl sites for hydroxylation is 2. The van der Waals surface area contributed by atoms with Crippen LogP contribution in [0.25, 0.3) is 21.5 Å². The van der Waals surface area contributed by atoms with Crippen molar-refractivity contribution in [3.63, 3.8) is 0 Å². The van der Waals surface area contributed by atoms with E-state index in [0.717, 1.165) is 51.4 Å². The van der Waals surface area contributed by atoms with E-state index >= 15 is 0 Å². The Balaban J connectivity index is 1.87. The number of rotatable bonds is 20. The summed E-state index contributed by atoms with van der Waals surface area (Å²) >= 11 is 0. The van der Waals surface area contributed by atoms with Crippen molar-refractivity contribution < 1.29 is 57.1 Å². The summed E-state index contributed by atoms with van der Waals surface area (Å²) in [5.74, 6) is 0.321. The highest BCUT2D eigenvalue weighted by atomic mass is 16.7. The summed E-state index contributed by atoms with van der Waals surface area (Å²) < 4.78 is 46.5. The van der Waals surface area contributed by atoms with Crippen LogP contribution in [0.3, 0.4) is 0 Å². The van der Waals surface area contributed by atoms with Crippen molar-refractivity contribution in [2.75, 3.05) is 26.4 Å². The summed E-state index contributed by atoms with van der Waals surface area (Å²) in [4.78, 5) is 53.9. The van der Waals surface area contributed by atoms with Gasteiger partial charge in [-0.2, -0.15) is 0 Å². The Morgan fingerprint density at radius 2 is 0.672 bits per heavy atom. The molecule has 312 valence electrons. The molecule has 0 bridgehead atoms. The highest BCUT2D eigenvalue weighted by Gasteiger charge is 2.31. The van der Waals surface area contributed by atoms with E-state index < -0.39 is 24.6 Å². The fourth-order valence-corrected chi connectivity index (χ4v) is 7.08. The minimum Gasteiger partial charge on any atom is -0.434 e. The molecule has 12 nitrogen and oxygen atoms in total. The second-order valence-corrected chi connectivity index (χ2v) is 14.4. The van der Waals surface area contributed by atoms with Gasteiger partial charge in [0, 0.05) is 42.4 Å². The summed E-state index contributed by atoms with van der Waals surface area (Å²) in [6.45, 7) is 12.4. The highest BCUT2D eigenvalue weighted by molar-refractivity contribution is 6.02. The summed E-state index contributed by atoms with van der Waals surface area (Å²) in [6.07, 6.45) is 6.03. The number of hydrogen-bond acceptors (Lipinski definition) is 12. The highest BCUT2D eigenvalue weighted by Crippen LogP contribution is 2.48. The molecular weight excluding hydrogens is 744 g/mol. The van der Waals surface area contributed by atoms with Crippen LogP contribution in [-0.2, 0) is 18.9 Å². The molecular formula is C46H56O12. The van der Waals surface area contributed by atoms with Crippen molar-refractivity contribution in [2.24, 2.45) is 0 Å². The van der Waals surface area contributed by atoms with Crippen LogP contribution in [0.4, 0.5) is 19.2 Å². The average molecular weight is 801 g/mol. The van der Waals surface area contributed by atoms with Crippen LogP contribution in [0.15, 0.2) is 36.4 Å². The number of benzene rings is 4. The lowest BCUT2D eigenvalue weighted by Crippen LogP contribution is -2.18. The van der Waals surface area contributed by atoms with Gasteiger partial charge in [-0.3, -0.25) is 0 Å². The average Bonchev–Trinajstić information content (AvgIpc) is 3.19. The van der Waals surface area contributed by atoms with E-state index in [-0.39, 0.29) is 70.3 Å². The van der Waals surface area contributed by atoms with Crippen LogP contribution < -0.4 is 18.9 Å². The van der Waals surface area contributed by atoms with Crippen LogP contribution in [0.2, 0.25) is 0 Å². The maximum atomic E-state index is 13.5. The van der Waals surface area contributed by atoms with Crippen molar-refractivity contribution in [1.29, 1.82) is 0 Å². The standard InChI is InChI=1S/C46H56O12/c1-7-11-15-25-51-43(47)55-39-31-23-19-21-29(5)33(31)41(57-45(49)53-27-17-13-9-3)37-35(39)36-38(37)42(58-46(50)54-28-18-14-10-4)34-30(6)22-20-24-32(34)40(36)56-44(48)52-26-16-12-8-2/h19-24H,7-18,25-28H2,1-6H3. The van der Waals surface area contributed by atoms with E-state index in [1.807, 2.05) is 53.7 Å². The lowest BCUT2D eigenvalue weighted by atomic mass is 9.89. The van der Waals surface area contributed by atoms with Gasteiger partial charge in [-0.25, -0.2) is 19.2 Å². The van der Waals surface area contributed by atoms with Gasteiger partial charge in [-0.1, -0.05) is 115 Å². The number of carbonyl (C=O) groups excluding carboxylic acids is 4. The van der Waals surface area contributed by atoms with E-state index in [9.17, 15) is 19.2 Å². The molecule has 5 rings (SSSR count). The second-order valence-electron chi connectivity index (χ2n) is 14.4. The van der Waals surface area contributed by atoms with Crippen molar-refractivity contribution >= 4 is 46.2 Å². The maximum absolute atomic E-state index is 13.5. The van der Waals surface area contributed by atoms with Gasteiger partial charge in [0.2, 0.25) is 0 Å². The quantitative estimate of drug-likeness (QED) is 0.0320. The van der Waals surface area contributed by atoms with Gasteiger partial charge in [0.1, 0.15) is 0 Å². The molecule has 0 unspecified atom stereocenters. The maximum Gasteiger partial charge on any atom is 0.513 e. The molecule has 0 aliphatic heterocycles. The summed E-state index contributed by atoms with van der Waals surface area (Å²) in [7, 11) is 0. The first-order valence-electron chi connectivity index (χ1n) is 20.7. The summed E-state index contributed by atoms with van der Waals surface area (Å²) in [6, 6.07) is 10.7. The Hall–Kier alpha value is -5.52. The fourth-order valence-electron chi connectivity index (χ4n) is 7.08. The van der Waals surface area contributed by atoms with E-state index in [1.54, 1.807) is 24.3 Å². The zero-order valence-corrected chi connectivity index (χ0v) is 34.7. The molecule has 1 aliphatic rings. The van der Waals surface area contributed by atoms with Gasteiger partial charge in [-0.15, -0.1) is 0 Å². The Bertz CT molecular complexity index is 2150. The molecule has 0 radical (unpaired) electrons. The summed E-state index contributed by atoms with van der Waals surface area (Å²) in [5.41, 5.74) is 1.37. The third kappa shape index (κ3) is 10.1. The molecule has 0 atom stereocenters. The molecule has 1 aliphatic carbocycles. The molecule has 0 heterocycles. The summed E-state index contributed by atoms with van der Waals surface area (Å²) in [5, 5.41) is 2.81. The fraction of sp³-hybridized carbons (Fsp3) is 0.478. The predicted octanol–water partition coefficient (Wildman–Crippen LogP) is 12.3. The molecule has 0 aromatic heterocycles. The number of hydrogen-bond donors (Lipinski definition) is 0. The van der Waals surface area contributed by atoms with Gasteiger partial charge in [0.25, 0.3) is 0 Å². The lowest BCUT2D eigenvalue weighted by Gasteiger charge is -2.23. The molecule has 0 fully saturated rings. The number of carbonyl (C=O) groups is 4. The Kier molecular flexibility index (Phi) is 16.0. The molecule has 12 heteroatoms. The van der Waals surface area contributed by atoms with Gasteiger partial charge < -0.3 is 37.9 Å². The first kappa shape index (κ1) is 43.6. The van der Waals surface area contributed by atoms with Crippen LogP contribution in [0.1, 0.15) is 116 Å². The van der Waals surface area contributed by atoms with Crippen molar-refractivity contribution in [3.8, 4) is 23.0 Å². The first-order valence-corrected chi connectivity index (χ1v) is 20.7. The normalized spacial score (nSPS) is 11.3. The molecule has 0 saturated heterocycles. The van der Waals surface area contributed by atoms with Crippen molar-refractivity contribution in [3.05, 3.63) is 68.4 Å². The zero-order chi connectivity index (χ0) is 41.6. The molecule has 0 spiro atoms. The van der Waals surface area contributed by atoms with Gasteiger partial charge in [-0.05, 0) is 50.7 Å². The Labute approximate surface area is 339 Å². The lowest BCUT2D eigenvalue weighted by molar-refractivity contribution is 0.0943. The minimum atomic E-state index is -0.944. The van der Waals surface area contributed by atoms with Crippen LogP contribution in [-0.4, -0.2) is 51.0 Å². The Morgan fingerprint density at radius 3 is 0.966 bits per heavy atom. The van der Waals surface area contributed by atoms with Gasteiger partial charge in [0.15, 0.2) is 23.0 Å². The third-order valence-corrected chi connectivity index (χ3v) is 10.0. The molecule has 0 N–H and O–H groups in total. The number of ether oxygens (including phenoxy) is 8. The second kappa shape index (κ2) is 21.3. The monoisotopic (exact) mass is 800 g/mol. The molecule has 4 aromatic rings. The van der Waals surface area contributed by atoms with Crippen molar-refractivity contribution in [2.45, 2.75) is 119 Å². The van der Waals surface area contributed by atoms with E-state index in [0.29, 0.717) is 58.4 Å². The van der Waals surface area contributed by atoms with E-state index in [4.69, 9.17) is 37.9 Å². The largest absolute Gasteiger partial charge is 0.513 e. The molecule has 58 heavy (non-hydrogen) atoms. The zero-order valence-electron chi connectivity index (χ0n) is 34.7. The van der Waals surface area contributed by atoms with Crippen molar-refractivity contribution in [1.82, 2.24) is 0 Å². The molecule has 0 amide bonds. The van der Waals surface area contributed by atoms with Crippen LogP contribution in [0.5, 0.6) is 23.0 Å². The smallest absolute Gasteiger partial charge is 0.434 e. The molecule has 0 saturated carbocycles. The van der Waals surface area contributed by atoms with E-state index in [1.165, 1.54) is 0 Å².